The van der Waals surface area contributed by atoms with Crippen LogP contribution in [-0.4, -0.2) is 24.3 Å². The fraction of sp³-hybridized carbons (Fsp3) is 0.567. The molecule has 2 aromatic rings. The van der Waals surface area contributed by atoms with Crippen molar-refractivity contribution in [2.24, 2.45) is 0 Å². The zero-order valence-electron chi connectivity index (χ0n) is 21.3. The van der Waals surface area contributed by atoms with Gasteiger partial charge in [-0.3, -0.25) is 0 Å². The molecule has 0 aliphatic heterocycles. The first kappa shape index (κ1) is 27.8. The van der Waals surface area contributed by atoms with Crippen molar-refractivity contribution < 1.29 is 19.4 Å². The Hall–Kier alpha value is -2.49. The normalized spacial score (nSPS) is 10.9. The lowest BCUT2D eigenvalue weighted by Crippen LogP contribution is -2.02. The highest BCUT2D eigenvalue weighted by molar-refractivity contribution is 5.96. The molecule has 0 aliphatic rings. The van der Waals surface area contributed by atoms with Crippen LogP contribution >= 0.6 is 0 Å². The molecule has 0 heterocycles. The molecule has 0 saturated carbocycles. The maximum absolute atomic E-state index is 11.8. The van der Waals surface area contributed by atoms with E-state index in [0.29, 0.717) is 17.9 Å². The lowest BCUT2D eigenvalue weighted by atomic mass is 9.99. The molecule has 0 atom stereocenters. The summed E-state index contributed by atoms with van der Waals surface area (Å²) in [7, 11) is 0. The van der Waals surface area contributed by atoms with Crippen LogP contribution in [0.3, 0.4) is 0 Å². The Labute approximate surface area is 206 Å². The summed E-state index contributed by atoms with van der Waals surface area (Å²) in [5.74, 6) is 0.603. The predicted molar refractivity (Wildman–Crippen MR) is 141 cm³/mol. The summed E-state index contributed by atoms with van der Waals surface area (Å²) in [5, 5.41) is 9.66. The Balaban J connectivity index is 1.86. The molecule has 2 rings (SSSR count). The molecule has 0 fully saturated rings. The number of ether oxygens (including phenoxy) is 2. The highest BCUT2D eigenvalue weighted by atomic mass is 16.5. The van der Waals surface area contributed by atoms with Gasteiger partial charge >= 0.3 is 5.97 Å². The van der Waals surface area contributed by atoms with Gasteiger partial charge in [0.2, 0.25) is 0 Å². The maximum Gasteiger partial charge on any atom is 0.336 e. The quantitative estimate of drug-likeness (QED) is 0.209. The molecule has 2 aromatic carbocycles. The third kappa shape index (κ3) is 10.6. The number of carbonyl (C=O) groups is 1. The van der Waals surface area contributed by atoms with Gasteiger partial charge in [-0.25, -0.2) is 4.79 Å². The Morgan fingerprint density at radius 3 is 1.65 bits per heavy atom. The first-order chi connectivity index (χ1) is 16.7. The van der Waals surface area contributed by atoms with Gasteiger partial charge in [-0.2, -0.15) is 0 Å². The van der Waals surface area contributed by atoms with Gasteiger partial charge in [-0.05, 0) is 54.3 Å². The van der Waals surface area contributed by atoms with Gasteiger partial charge in [0.05, 0.1) is 18.8 Å². The van der Waals surface area contributed by atoms with E-state index in [2.05, 4.69) is 13.8 Å². The summed E-state index contributed by atoms with van der Waals surface area (Å²) >= 11 is 0. The summed E-state index contributed by atoms with van der Waals surface area (Å²) in [6, 6.07) is 12.9. The van der Waals surface area contributed by atoms with E-state index in [9.17, 15) is 9.90 Å². The molecule has 34 heavy (non-hydrogen) atoms. The second kappa shape index (κ2) is 17.0. The highest BCUT2D eigenvalue weighted by Crippen LogP contribution is 2.30. The largest absolute Gasteiger partial charge is 0.494 e. The van der Waals surface area contributed by atoms with Crippen molar-refractivity contribution in [2.75, 3.05) is 13.2 Å². The minimum absolute atomic E-state index is 0.281. The van der Waals surface area contributed by atoms with E-state index in [4.69, 9.17) is 9.47 Å². The average Bonchev–Trinajstić information content (AvgIpc) is 2.85. The third-order valence-corrected chi connectivity index (χ3v) is 6.17. The first-order valence-corrected chi connectivity index (χ1v) is 13.4. The monoisotopic (exact) mass is 468 g/mol. The smallest absolute Gasteiger partial charge is 0.336 e. The third-order valence-electron chi connectivity index (χ3n) is 6.17. The van der Waals surface area contributed by atoms with Crippen molar-refractivity contribution >= 4 is 5.97 Å². The van der Waals surface area contributed by atoms with Gasteiger partial charge in [0.1, 0.15) is 11.5 Å². The molecule has 0 aromatic heterocycles. The van der Waals surface area contributed by atoms with Gasteiger partial charge in [-0.15, -0.1) is 0 Å². The summed E-state index contributed by atoms with van der Waals surface area (Å²) < 4.78 is 11.8. The molecular formula is C30H44O4. The van der Waals surface area contributed by atoms with E-state index in [0.717, 1.165) is 30.8 Å². The molecule has 0 unspecified atom stereocenters. The SMILES string of the molecule is CCCCCCCCCOc1ccc(-c2cc(OCCCCCCCC)ccc2C(=O)O)cc1. The van der Waals surface area contributed by atoms with E-state index >= 15 is 0 Å². The Kier molecular flexibility index (Phi) is 13.9. The summed E-state index contributed by atoms with van der Waals surface area (Å²) in [6.45, 7) is 5.83. The van der Waals surface area contributed by atoms with Crippen LogP contribution in [-0.2, 0) is 0 Å². The Morgan fingerprint density at radius 1 is 0.647 bits per heavy atom. The van der Waals surface area contributed by atoms with Crippen LogP contribution in [0.4, 0.5) is 0 Å². The molecule has 0 amide bonds. The maximum atomic E-state index is 11.8. The molecule has 188 valence electrons. The van der Waals surface area contributed by atoms with Crippen molar-refractivity contribution in [3.05, 3.63) is 48.0 Å². The highest BCUT2D eigenvalue weighted by Gasteiger charge is 2.13. The van der Waals surface area contributed by atoms with E-state index in [-0.39, 0.29) is 5.56 Å². The summed E-state index contributed by atoms with van der Waals surface area (Å²) in [5.41, 5.74) is 1.81. The van der Waals surface area contributed by atoms with Crippen LogP contribution in [0.1, 0.15) is 108 Å². The van der Waals surface area contributed by atoms with Crippen LogP contribution in [0.2, 0.25) is 0 Å². The molecule has 0 bridgehead atoms. The number of carboxylic acid groups (broad SMARTS) is 1. The molecule has 0 spiro atoms. The number of rotatable bonds is 19. The summed E-state index contributed by atoms with van der Waals surface area (Å²) in [4.78, 5) is 11.8. The minimum atomic E-state index is -0.934. The summed E-state index contributed by atoms with van der Waals surface area (Å²) in [6.07, 6.45) is 16.1. The molecule has 0 saturated heterocycles. The van der Waals surface area contributed by atoms with Crippen LogP contribution in [0.25, 0.3) is 11.1 Å². The topological polar surface area (TPSA) is 55.8 Å². The van der Waals surface area contributed by atoms with Crippen molar-refractivity contribution in [2.45, 2.75) is 97.3 Å². The number of aromatic carboxylic acids is 1. The fourth-order valence-corrected chi connectivity index (χ4v) is 4.09. The van der Waals surface area contributed by atoms with Crippen molar-refractivity contribution in [3.63, 3.8) is 0 Å². The number of hydrogen-bond donors (Lipinski definition) is 1. The van der Waals surface area contributed by atoms with Gasteiger partial charge < -0.3 is 14.6 Å². The van der Waals surface area contributed by atoms with Crippen molar-refractivity contribution in [1.82, 2.24) is 0 Å². The van der Waals surface area contributed by atoms with Gasteiger partial charge in [0.15, 0.2) is 0 Å². The zero-order chi connectivity index (χ0) is 24.4. The standard InChI is InChI=1S/C30H44O4/c1-3-5-7-9-11-13-14-22-33-26-18-16-25(17-19-26)29-24-27(20-21-28(29)30(31)32)34-23-15-12-10-8-6-4-2/h16-21,24H,3-15,22-23H2,1-2H3,(H,31,32). The zero-order valence-corrected chi connectivity index (χ0v) is 21.3. The van der Waals surface area contributed by atoms with Crippen LogP contribution < -0.4 is 9.47 Å². The van der Waals surface area contributed by atoms with Crippen molar-refractivity contribution in [1.29, 1.82) is 0 Å². The van der Waals surface area contributed by atoms with E-state index in [1.807, 2.05) is 30.3 Å². The van der Waals surface area contributed by atoms with Gasteiger partial charge in [0.25, 0.3) is 0 Å². The second-order valence-corrected chi connectivity index (χ2v) is 9.12. The van der Waals surface area contributed by atoms with Crippen molar-refractivity contribution in [3.8, 4) is 22.6 Å². The van der Waals surface area contributed by atoms with E-state index < -0.39 is 5.97 Å². The minimum Gasteiger partial charge on any atom is -0.494 e. The van der Waals surface area contributed by atoms with Gasteiger partial charge in [0, 0.05) is 0 Å². The number of hydrogen-bond acceptors (Lipinski definition) is 3. The number of carboxylic acids is 1. The van der Waals surface area contributed by atoms with E-state index in [1.54, 1.807) is 12.1 Å². The molecular weight excluding hydrogens is 424 g/mol. The molecule has 0 aliphatic carbocycles. The number of unbranched alkanes of at least 4 members (excludes halogenated alkanes) is 11. The fourth-order valence-electron chi connectivity index (χ4n) is 4.09. The molecule has 1 N–H and O–H groups in total. The second-order valence-electron chi connectivity index (χ2n) is 9.12. The van der Waals surface area contributed by atoms with Gasteiger partial charge in [-0.1, -0.05) is 96.6 Å². The molecule has 4 nitrogen and oxygen atoms in total. The predicted octanol–water partition coefficient (Wildman–Crippen LogP) is 8.92. The molecule has 0 radical (unpaired) electrons. The lowest BCUT2D eigenvalue weighted by molar-refractivity contribution is 0.0697. The average molecular weight is 469 g/mol. The lowest BCUT2D eigenvalue weighted by Gasteiger charge is -2.12. The Bertz CT molecular complexity index is 813. The van der Waals surface area contributed by atoms with E-state index in [1.165, 1.54) is 70.6 Å². The number of benzene rings is 2. The van der Waals surface area contributed by atoms with Crippen LogP contribution in [0.5, 0.6) is 11.5 Å². The van der Waals surface area contributed by atoms with Crippen LogP contribution in [0.15, 0.2) is 42.5 Å². The molecule has 4 heteroatoms. The van der Waals surface area contributed by atoms with Crippen LogP contribution in [0, 0.1) is 0 Å². The first-order valence-electron chi connectivity index (χ1n) is 13.4. The Morgan fingerprint density at radius 2 is 1.12 bits per heavy atom.